The Morgan fingerprint density at radius 3 is 2.83 bits per heavy atom. The molecule has 100 valence electrons. The topological polar surface area (TPSA) is 64.3 Å². The number of carbonyl (C=O) groups is 1. The molecule has 0 aliphatic heterocycles. The van der Waals surface area contributed by atoms with Gasteiger partial charge in [-0.25, -0.2) is 0 Å². The number of nitrogens with one attached hydrogen (secondary N) is 1. The molecule has 1 rings (SSSR count). The predicted molar refractivity (Wildman–Crippen MR) is 75.0 cm³/mol. The molecule has 0 radical (unpaired) electrons. The summed E-state index contributed by atoms with van der Waals surface area (Å²) in [5.41, 5.74) is 5.21. The van der Waals surface area contributed by atoms with E-state index in [9.17, 15) is 4.79 Å². The molecule has 0 fully saturated rings. The molecule has 5 heteroatoms. The zero-order valence-corrected chi connectivity index (χ0v) is 11.8. The van der Waals surface area contributed by atoms with Gasteiger partial charge in [-0.15, -0.1) is 11.8 Å². The first-order valence-electron chi connectivity index (χ1n) is 5.75. The molecule has 1 aromatic rings. The van der Waals surface area contributed by atoms with Gasteiger partial charge in [-0.1, -0.05) is 6.07 Å². The van der Waals surface area contributed by atoms with Crippen LogP contribution in [0.15, 0.2) is 29.2 Å². The number of amides is 1. The first kappa shape index (κ1) is 14.9. The van der Waals surface area contributed by atoms with E-state index in [4.69, 9.17) is 10.5 Å². The lowest BCUT2D eigenvalue weighted by Gasteiger charge is -2.24. The van der Waals surface area contributed by atoms with Crippen molar-refractivity contribution >= 4 is 17.7 Å². The van der Waals surface area contributed by atoms with Gasteiger partial charge in [0, 0.05) is 17.0 Å². The quantitative estimate of drug-likeness (QED) is 0.770. The van der Waals surface area contributed by atoms with Crippen molar-refractivity contribution in [1.29, 1.82) is 0 Å². The van der Waals surface area contributed by atoms with E-state index < -0.39 is 0 Å². The number of ether oxygens (including phenoxy) is 1. The lowest BCUT2D eigenvalue weighted by Crippen LogP contribution is -2.49. The minimum absolute atomic E-state index is 0.0155. The largest absolute Gasteiger partial charge is 0.497 e. The molecule has 0 bridgehead atoms. The summed E-state index contributed by atoms with van der Waals surface area (Å²) in [6.45, 7) is 4.23. The molecule has 0 aromatic heterocycles. The van der Waals surface area contributed by atoms with Gasteiger partial charge < -0.3 is 15.8 Å². The van der Waals surface area contributed by atoms with Crippen LogP contribution >= 0.6 is 11.8 Å². The van der Waals surface area contributed by atoms with Gasteiger partial charge in [0.2, 0.25) is 5.91 Å². The highest BCUT2D eigenvalue weighted by molar-refractivity contribution is 8.00. The second kappa shape index (κ2) is 6.66. The Morgan fingerprint density at radius 2 is 2.22 bits per heavy atom. The van der Waals surface area contributed by atoms with E-state index in [1.807, 2.05) is 38.1 Å². The van der Waals surface area contributed by atoms with E-state index in [1.54, 1.807) is 7.11 Å². The van der Waals surface area contributed by atoms with Crippen LogP contribution in [0.1, 0.15) is 13.8 Å². The lowest BCUT2D eigenvalue weighted by molar-refractivity contribution is -0.120. The molecule has 0 saturated heterocycles. The number of carbonyl (C=O) groups excluding carboxylic acids is 1. The monoisotopic (exact) mass is 268 g/mol. The van der Waals surface area contributed by atoms with E-state index >= 15 is 0 Å². The zero-order chi connectivity index (χ0) is 13.6. The fraction of sp³-hybridized carbons (Fsp3) is 0.462. The Kier molecular flexibility index (Phi) is 5.50. The second-order valence-corrected chi connectivity index (χ2v) is 5.65. The highest BCUT2D eigenvalue weighted by atomic mass is 32.2. The first-order valence-corrected chi connectivity index (χ1v) is 6.73. The Hall–Kier alpha value is -1.20. The average molecular weight is 268 g/mol. The standard InChI is InChI=1S/C13H20N2O2S/c1-13(2,9-14)15-12(16)8-18-11-6-4-5-10(7-11)17-3/h4-7H,8-9,14H2,1-3H3,(H,15,16). The summed E-state index contributed by atoms with van der Waals surface area (Å²) in [4.78, 5) is 12.7. The molecule has 0 unspecified atom stereocenters. The van der Waals surface area contributed by atoms with Crippen LogP contribution in [-0.4, -0.2) is 30.9 Å². The van der Waals surface area contributed by atoms with Crippen LogP contribution in [-0.2, 0) is 4.79 Å². The van der Waals surface area contributed by atoms with Crippen molar-refractivity contribution in [2.24, 2.45) is 5.73 Å². The van der Waals surface area contributed by atoms with Gasteiger partial charge in [0.15, 0.2) is 0 Å². The van der Waals surface area contributed by atoms with Crippen molar-refractivity contribution in [3.63, 3.8) is 0 Å². The fourth-order valence-corrected chi connectivity index (χ4v) is 2.05. The maximum Gasteiger partial charge on any atom is 0.230 e. The minimum atomic E-state index is -0.355. The highest BCUT2D eigenvalue weighted by Gasteiger charge is 2.17. The molecule has 0 saturated carbocycles. The van der Waals surface area contributed by atoms with Gasteiger partial charge in [-0.3, -0.25) is 4.79 Å². The van der Waals surface area contributed by atoms with Gasteiger partial charge in [0.25, 0.3) is 0 Å². The van der Waals surface area contributed by atoms with Crippen LogP contribution in [0.4, 0.5) is 0 Å². The Bertz CT molecular complexity index is 408. The number of hydrogen-bond acceptors (Lipinski definition) is 4. The molecule has 0 spiro atoms. The zero-order valence-electron chi connectivity index (χ0n) is 11.0. The van der Waals surface area contributed by atoms with Gasteiger partial charge in [-0.2, -0.15) is 0 Å². The summed E-state index contributed by atoms with van der Waals surface area (Å²) in [6.07, 6.45) is 0. The number of hydrogen-bond donors (Lipinski definition) is 2. The summed E-state index contributed by atoms with van der Waals surface area (Å²) >= 11 is 1.48. The van der Waals surface area contributed by atoms with Crippen molar-refractivity contribution in [3.8, 4) is 5.75 Å². The molecule has 1 aromatic carbocycles. The van der Waals surface area contributed by atoms with E-state index in [1.165, 1.54) is 11.8 Å². The third-order valence-electron chi connectivity index (χ3n) is 2.40. The van der Waals surface area contributed by atoms with Crippen LogP contribution < -0.4 is 15.8 Å². The van der Waals surface area contributed by atoms with Crippen LogP contribution in [0.2, 0.25) is 0 Å². The molecular formula is C13H20N2O2S. The Labute approximate surface area is 112 Å². The molecule has 0 aliphatic rings. The van der Waals surface area contributed by atoms with E-state index in [2.05, 4.69) is 5.32 Å². The minimum Gasteiger partial charge on any atom is -0.497 e. The van der Waals surface area contributed by atoms with Gasteiger partial charge in [0.1, 0.15) is 5.75 Å². The first-order chi connectivity index (χ1) is 8.46. The summed E-state index contributed by atoms with van der Waals surface area (Å²) in [5, 5.41) is 2.89. The molecule has 0 heterocycles. The fourth-order valence-electron chi connectivity index (χ4n) is 1.30. The van der Waals surface area contributed by atoms with Gasteiger partial charge in [-0.05, 0) is 32.0 Å². The molecule has 18 heavy (non-hydrogen) atoms. The maximum absolute atomic E-state index is 11.7. The van der Waals surface area contributed by atoms with Crippen LogP contribution in [0.5, 0.6) is 5.75 Å². The van der Waals surface area contributed by atoms with E-state index in [0.29, 0.717) is 12.3 Å². The van der Waals surface area contributed by atoms with Crippen LogP contribution in [0, 0.1) is 0 Å². The normalized spacial score (nSPS) is 11.1. The molecular weight excluding hydrogens is 248 g/mol. The predicted octanol–water partition coefficient (Wildman–Crippen LogP) is 1.64. The van der Waals surface area contributed by atoms with Crippen molar-refractivity contribution < 1.29 is 9.53 Å². The molecule has 0 aliphatic carbocycles. The second-order valence-electron chi connectivity index (χ2n) is 4.60. The van der Waals surface area contributed by atoms with E-state index in [0.717, 1.165) is 10.6 Å². The summed E-state index contributed by atoms with van der Waals surface area (Å²) < 4.78 is 5.13. The van der Waals surface area contributed by atoms with Crippen molar-refractivity contribution in [1.82, 2.24) is 5.32 Å². The maximum atomic E-state index is 11.7. The van der Waals surface area contributed by atoms with Crippen molar-refractivity contribution in [2.75, 3.05) is 19.4 Å². The molecule has 0 atom stereocenters. The third-order valence-corrected chi connectivity index (χ3v) is 3.39. The molecule has 4 nitrogen and oxygen atoms in total. The number of methoxy groups -OCH3 is 1. The number of thioether (sulfide) groups is 1. The molecule has 1 amide bonds. The van der Waals surface area contributed by atoms with Crippen LogP contribution in [0.3, 0.4) is 0 Å². The smallest absolute Gasteiger partial charge is 0.230 e. The number of nitrogens with two attached hydrogens (primary N) is 1. The number of benzene rings is 1. The Balaban J connectivity index is 2.47. The summed E-state index contributed by atoms with van der Waals surface area (Å²) in [6, 6.07) is 7.64. The van der Waals surface area contributed by atoms with Gasteiger partial charge >= 0.3 is 0 Å². The third kappa shape index (κ3) is 4.98. The number of rotatable bonds is 6. The van der Waals surface area contributed by atoms with Crippen molar-refractivity contribution in [3.05, 3.63) is 24.3 Å². The Morgan fingerprint density at radius 1 is 1.50 bits per heavy atom. The van der Waals surface area contributed by atoms with Crippen LogP contribution in [0.25, 0.3) is 0 Å². The summed E-state index contributed by atoms with van der Waals surface area (Å²) in [7, 11) is 1.63. The van der Waals surface area contributed by atoms with Crippen molar-refractivity contribution in [2.45, 2.75) is 24.3 Å². The lowest BCUT2D eigenvalue weighted by atomic mass is 10.1. The van der Waals surface area contributed by atoms with Gasteiger partial charge in [0.05, 0.1) is 12.9 Å². The average Bonchev–Trinajstić information content (AvgIpc) is 2.36. The van der Waals surface area contributed by atoms with E-state index in [-0.39, 0.29) is 11.4 Å². The summed E-state index contributed by atoms with van der Waals surface area (Å²) in [5.74, 6) is 1.15. The SMILES string of the molecule is COc1cccc(SCC(=O)NC(C)(C)CN)c1. The highest BCUT2D eigenvalue weighted by Crippen LogP contribution is 2.22. The molecule has 3 N–H and O–H groups in total.